The number of aliphatic hydroxyl groups is 1. The molecule has 1 atom stereocenters. The van der Waals surface area contributed by atoms with Crippen molar-refractivity contribution in [1.82, 2.24) is 9.88 Å². The molecule has 0 unspecified atom stereocenters. The molecule has 1 aromatic heterocycles. The molecule has 0 saturated carbocycles. The summed E-state index contributed by atoms with van der Waals surface area (Å²) >= 11 is 0. The first-order valence-electron chi connectivity index (χ1n) is 12.0. The van der Waals surface area contributed by atoms with E-state index in [0.29, 0.717) is 34.6 Å². The number of carbonyl (C=O) groups is 2. The summed E-state index contributed by atoms with van der Waals surface area (Å²) in [5, 5.41) is 22.8. The van der Waals surface area contributed by atoms with Gasteiger partial charge in [-0.05, 0) is 54.3 Å². The molecule has 1 N–H and O–H groups in total. The van der Waals surface area contributed by atoms with E-state index in [4.69, 9.17) is 4.74 Å². The van der Waals surface area contributed by atoms with Gasteiger partial charge in [-0.15, -0.1) is 0 Å². The molecule has 0 spiro atoms. The predicted molar refractivity (Wildman–Crippen MR) is 137 cm³/mol. The first-order chi connectivity index (χ1) is 17.8. The molecular formula is C28H27N3O6. The Bertz CT molecular complexity index is 1370. The number of benzene rings is 2. The van der Waals surface area contributed by atoms with Crippen molar-refractivity contribution in [3.63, 3.8) is 0 Å². The van der Waals surface area contributed by atoms with E-state index < -0.39 is 22.7 Å². The summed E-state index contributed by atoms with van der Waals surface area (Å²) in [7, 11) is 0. The number of hydrogen-bond donors (Lipinski definition) is 1. The summed E-state index contributed by atoms with van der Waals surface area (Å²) in [4.78, 5) is 42.8. The molecule has 1 amide bonds. The maximum atomic E-state index is 13.3. The third kappa shape index (κ3) is 5.35. The van der Waals surface area contributed by atoms with Crippen molar-refractivity contribution >= 4 is 23.1 Å². The molecule has 37 heavy (non-hydrogen) atoms. The molecule has 1 saturated heterocycles. The lowest BCUT2D eigenvalue weighted by atomic mass is 9.93. The molecule has 3 aromatic rings. The molecule has 4 rings (SSSR count). The van der Waals surface area contributed by atoms with Crippen LogP contribution >= 0.6 is 0 Å². The zero-order chi connectivity index (χ0) is 26.5. The van der Waals surface area contributed by atoms with Crippen molar-refractivity contribution in [3.8, 4) is 5.75 Å². The number of pyridine rings is 1. The molecule has 1 fully saturated rings. The van der Waals surface area contributed by atoms with Gasteiger partial charge < -0.3 is 14.7 Å². The molecular weight excluding hydrogens is 474 g/mol. The maximum absolute atomic E-state index is 13.3. The average Bonchev–Trinajstić information content (AvgIpc) is 3.14. The highest BCUT2D eigenvalue weighted by molar-refractivity contribution is 6.46. The van der Waals surface area contributed by atoms with Crippen molar-refractivity contribution in [2.45, 2.75) is 39.3 Å². The van der Waals surface area contributed by atoms with Crippen molar-refractivity contribution in [2.24, 2.45) is 0 Å². The van der Waals surface area contributed by atoms with E-state index in [1.54, 1.807) is 55.7 Å². The second-order valence-electron chi connectivity index (χ2n) is 8.82. The van der Waals surface area contributed by atoms with Crippen LogP contribution in [0.15, 0.2) is 72.6 Å². The second-order valence-corrected chi connectivity index (χ2v) is 8.82. The second kappa shape index (κ2) is 11.0. The van der Waals surface area contributed by atoms with E-state index in [1.807, 2.05) is 0 Å². The van der Waals surface area contributed by atoms with Crippen LogP contribution in [0, 0.1) is 17.0 Å². The number of nitro groups is 1. The lowest BCUT2D eigenvalue weighted by molar-refractivity contribution is -0.384. The van der Waals surface area contributed by atoms with E-state index in [1.165, 1.54) is 23.1 Å². The quantitative estimate of drug-likeness (QED) is 0.108. The Morgan fingerprint density at radius 2 is 1.97 bits per heavy atom. The number of amides is 1. The van der Waals surface area contributed by atoms with Gasteiger partial charge in [0.05, 0.1) is 23.1 Å². The molecule has 0 aliphatic carbocycles. The van der Waals surface area contributed by atoms with E-state index in [-0.39, 0.29) is 23.6 Å². The van der Waals surface area contributed by atoms with Gasteiger partial charge in [0.15, 0.2) is 0 Å². The smallest absolute Gasteiger partial charge is 0.295 e. The Kier molecular flexibility index (Phi) is 7.62. The summed E-state index contributed by atoms with van der Waals surface area (Å²) in [6, 6.07) is 13.3. The fourth-order valence-electron chi connectivity index (χ4n) is 4.36. The van der Waals surface area contributed by atoms with Crippen molar-refractivity contribution in [2.75, 3.05) is 6.61 Å². The highest BCUT2D eigenvalue weighted by atomic mass is 16.6. The first kappa shape index (κ1) is 25.6. The molecule has 1 aliphatic rings. The first-order valence-corrected chi connectivity index (χ1v) is 12.0. The minimum atomic E-state index is -1.03. The normalized spacial score (nSPS) is 16.7. The van der Waals surface area contributed by atoms with Crippen LogP contribution < -0.4 is 4.74 Å². The summed E-state index contributed by atoms with van der Waals surface area (Å²) < 4.78 is 5.74. The van der Waals surface area contributed by atoms with Gasteiger partial charge in [0.1, 0.15) is 11.5 Å². The highest BCUT2D eigenvalue weighted by Crippen LogP contribution is 2.41. The Labute approximate surface area is 214 Å². The number of carbonyl (C=O) groups excluding carboxylic acids is 2. The third-order valence-electron chi connectivity index (χ3n) is 6.23. The van der Waals surface area contributed by atoms with Crippen LogP contribution in [0.25, 0.3) is 5.76 Å². The number of rotatable bonds is 9. The summed E-state index contributed by atoms with van der Waals surface area (Å²) in [5.41, 5.74) is 1.73. The number of nitrogens with zero attached hydrogens (tertiary/aromatic N) is 3. The van der Waals surface area contributed by atoms with Gasteiger partial charge in [-0.3, -0.25) is 24.7 Å². The molecule has 1 aliphatic heterocycles. The Morgan fingerprint density at radius 3 is 2.65 bits per heavy atom. The number of Topliss-reactive ketones (excluding diaryl/α,β-unsaturated/α-hetero) is 1. The van der Waals surface area contributed by atoms with Crippen molar-refractivity contribution in [3.05, 3.63) is 105 Å². The number of likely N-dealkylation sites (tertiary alicyclic amines) is 1. The minimum Gasteiger partial charge on any atom is -0.507 e. The SMILES string of the molecule is CCCCOc1ccc(/C(O)=C2\C(=O)C(=O)N(Cc3cccnc3)[C@H]2c2cccc([N+](=O)[O-])c2)c(C)c1. The molecule has 9 nitrogen and oxygen atoms in total. The number of aliphatic hydroxyl groups excluding tert-OH is 1. The number of non-ortho nitro benzene ring substituents is 1. The zero-order valence-electron chi connectivity index (χ0n) is 20.6. The minimum absolute atomic E-state index is 0.0335. The van der Waals surface area contributed by atoms with E-state index in [0.717, 1.165) is 12.8 Å². The van der Waals surface area contributed by atoms with Gasteiger partial charge in [-0.25, -0.2) is 0 Å². The van der Waals surface area contributed by atoms with Gasteiger partial charge in [-0.2, -0.15) is 0 Å². The maximum Gasteiger partial charge on any atom is 0.295 e. The third-order valence-corrected chi connectivity index (χ3v) is 6.23. The molecule has 0 bridgehead atoms. The van der Waals surface area contributed by atoms with Crippen LogP contribution in [0.3, 0.4) is 0 Å². The fraction of sp³-hybridized carbons (Fsp3) is 0.250. The highest BCUT2D eigenvalue weighted by Gasteiger charge is 2.46. The summed E-state index contributed by atoms with van der Waals surface area (Å²) in [6.45, 7) is 4.44. The largest absolute Gasteiger partial charge is 0.507 e. The van der Waals surface area contributed by atoms with Crippen LogP contribution in [-0.2, 0) is 16.1 Å². The molecule has 0 radical (unpaired) electrons. The molecule has 2 aromatic carbocycles. The Balaban J connectivity index is 1.82. The van der Waals surface area contributed by atoms with Gasteiger partial charge in [-0.1, -0.05) is 31.5 Å². The van der Waals surface area contributed by atoms with Crippen LogP contribution in [0.4, 0.5) is 5.69 Å². The van der Waals surface area contributed by atoms with Gasteiger partial charge >= 0.3 is 0 Å². The van der Waals surface area contributed by atoms with Crippen molar-refractivity contribution < 1.29 is 24.4 Å². The topological polar surface area (TPSA) is 123 Å². The number of ether oxygens (including phenoxy) is 1. The Morgan fingerprint density at radius 1 is 1.16 bits per heavy atom. The number of aryl methyl sites for hydroxylation is 1. The Hall–Kier alpha value is -4.53. The van der Waals surface area contributed by atoms with Crippen molar-refractivity contribution in [1.29, 1.82) is 0 Å². The van der Waals surface area contributed by atoms with E-state index in [9.17, 15) is 24.8 Å². The lowest BCUT2D eigenvalue weighted by Crippen LogP contribution is -2.29. The van der Waals surface area contributed by atoms with E-state index >= 15 is 0 Å². The monoisotopic (exact) mass is 501 g/mol. The predicted octanol–water partition coefficient (Wildman–Crippen LogP) is 5.10. The molecule has 9 heteroatoms. The van der Waals surface area contributed by atoms with Crippen LogP contribution in [0.5, 0.6) is 5.75 Å². The van der Waals surface area contributed by atoms with Gasteiger partial charge in [0.25, 0.3) is 17.4 Å². The number of unbranched alkanes of at least 4 members (excludes halogenated alkanes) is 1. The van der Waals surface area contributed by atoms with Gasteiger partial charge in [0.2, 0.25) is 0 Å². The molecule has 2 heterocycles. The summed E-state index contributed by atoms with van der Waals surface area (Å²) in [6.07, 6.45) is 5.07. The fourth-order valence-corrected chi connectivity index (χ4v) is 4.36. The standard InChI is InChI=1S/C28H27N3O6/c1-3-4-13-37-22-10-11-23(18(2)14-22)26(32)24-25(20-8-5-9-21(15-20)31(35)36)30(28(34)27(24)33)17-19-7-6-12-29-16-19/h5-12,14-16,25,32H,3-4,13,17H2,1-2H3/b26-24+/t25-/m0/s1. The zero-order valence-corrected chi connectivity index (χ0v) is 20.6. The average molecular weight is 502 g/mol. The number of hydrogen-bond acceptors (Lipinski definition) is 7. The van der Waals surface area contributed by atoms with Crippen LogP contribution in [0.1, 0.15) is 48.1 Å². The number of aromatic nitrogens is 1. The van der Waals surface area contributed by atoms with Crippen LogP contribution in [-0.4, -0.2) is 38.2 Å². The number of nitro benzene ring substituents is 1. The molecule has 190 valence electrons. The number of ketones is 1. The van der Waals surface area contributed by atoms with Crippen LogP contribution in [0.2, 0.25) is 0 Å². The van der Waals surface area contributed by atoms with Gasteiger partial charge in [0, 0.05) is 36.6 Å². The van der Waals surface area contributed by atoms with E-state index in [2.05, 4.69) is 11.9 Å². The summed E-state index contributed by atoms with van der Waals surface area (Å²) in [5.74, 6) is -1.38. The lowest BCUT2D eigenvalue weighted by Gasteiger charge is -2.25.